The summed E-state index contributed by atoms with van der Waals surface area (Å²) in [4.78, 5) is 27.2. The average molecular weight is 351 g/mol. The molecule has 0 atom stereocenters. The van der Waals surface area contributed by atoms with Crippen molar-refractivity contribution < 1.29 is 14.6 Å². The number of nitrogens with zero attached hydrogens (tertiary/aromatic N) is 4. The van der Waals surface area contributed by atoms with Gasteiger partial charge < -0.3 is 20.5 Å². The maximum atomic E-state index is 11.5. The first kappa shape index (κ1) is 16.2. The van der Waals surface area contributed by atoms with Gasteiger partial charge in [-0.15, -0.1) is 0 Å². The van der Waals surface area contributed by atoms with E-state index in [-0.39, 0.29) is 11.3 Å². The van der Waals surface area contributed by atoms with Gasteiger partial charge in [0.25, 0.3) is 0 Å². The smallest absolute Gasteiger partial charge is 0.250 e. The highest BCUT2D eigenvalue weighted by atomic mass is 16.5. The van der Waals surface area contributed by atoms with Crippen LogP contribution in [-0.2, 0) is 4.74 Å². The molecule has 1 fully saturated rings. The van der Waals surface area contributed by atoms with Gasteiger partial charge in [-0.25, -0.2) is 15.0 Å². The van der Waals surface area contributed by atoms with Gasteiger partial charge in [0.1, 0.15) is 11.3 Å². The first-order valence-electron chi connectivity index (χ1n) is 8.21. The van der Waals surface area contributed by atoms with E-state index in [1.807, 2.05) is 6.07 Å². The zero-order chi connectivity index (χ0) is 18.1. The molecule has 1 amide bonds. The van der Waals surface area contributed by atoms with Gasteiger partial charge in [-0.05, 0) is 18.2 Å². The molecule has 4 rings (SSSR count). The number of carbonyl (C=O) groups is 1. The molecule has 1 aliphatic heterocycles. The van der Waals surface area contributed by atoms with Crippen LogP contribution in [0.25, 0.3) is 22.4 Å². The lowest BCUT2D eigenvalue weighted by Gasteiger charge is -2.28. The number of rotatable bonds is 3. The number of phenolic OH excluding ortho intramolecular Hbond substituents is 1. The van der Waals surface area contributed by atoms with E-state index in [1.165, 1.54) is 6.20 Å². The van der Waals surface area contributed by atoms with Crippen molar-refractivity contribution in [1.82, 2.24) is 15.0 Å². The van der Waals surface area contributed by atoms with Crippen LogP contribution in [0.15, 0.2) is 36.5 Å². The first-order chi connectivity index (χ1) is 12.6. The van der Waals surface area contributed by atoms with Gasteiger partial charge in [0, 0.05) is 24.8 Å². The van der Waals surface area contributed by atoms with E-state index in [0.717, 1.165) is 0 Å². The van der Waals surface area contributed by atoms with E-state index in [2.05, 4.69) is 19.9 Å². The van der Waals surface area contributed by atoms with Gasteiger partial charge >= 0.3 is 0 Å². The maximum Gasteiger partial charge on any atom is 0.250 e. The zero-order valence-corrected chi connectivity index (χ0v) is 13.9. The third kappa shape index (κ3) is 3.02. The molecule has 2 aromatic heterocycles. The Labute approximate surface area is 149 Å². The number of morpholine rings is 1. The Morgan fingerprint density at radius 2 is 2.00 bits per heavy atom. The molecule has 132 valence electrons. The molecule has 3 N–H and O–H groups in total. The molecule has 0 unspecified atom stereocenters. The zero-order valence-electron chi connectivity index (χ0n) is 13.9. The number of amides is 1. The van der Waals surface area contributed by atoms with E-state index in [9.17, 15) is 9.90 Å². The number of ether oxygens (including phenoxy) is 1. The van der Waals surface area contributed by atoms with Crippen LogP contribution in [0.2, 0.25) is 0 Å². The fourth-order valence-corrected chi connectivity index (χ4v) is 2.91. The number of carbonyl (C=O) groups excluding carboxylic acids is 1. The third-order valence-electron chi connectivity index (χ3n) is 4.22. The van der Waals surface area contributed by atoms with Gasteiger partial charge in [0.15, 0.2) is 11.6 Å². The van der Waals surface area contributed by atoms with Crippen molar-refractivity contribution in [1.29, 1.82) is 0 Å². The minimum atomic E-state index is -0.565. The molecule has 1 aliphatic rings. The lowest BCUT2D eigenvalue weighted by Crippen LogP contribution is -2.37. The van der Waals surface area contributed by atoms with Gasteiger partial charge in [-0.1, -0.05) is 12.1 Å². The highest BCUT2D eigenvalue weighted by Crippen LogP contribution is 2.28. The minimum absolute atomic E-state index is 0.128. The number of pyridine rings is 1. The van der Waals surface area contributed by atoms with Crippen LogP contribution in [0.4, 0.5) is 5.82 Å². The Morgan fingerprint density at radius 3 is 2.73 bits per heavy atom. The maximum absolute atomic E-state index is 11.5. The van der Waals surface area contributed by atoms with E-state index in [4.69, 9.17) is 10.5 Å². The first-order valence-corrected chi connectivity index (χ1v) is 8.21. The number of phenols is 1. The second kappa shape index (κ2) is 6.57. The van der Waals surface area contributed by atoms with Crippen LogP contribution < -0.4 is 10.6 Å². The summed E-state index contributed by atoms with van der Waals surface area (Å²) < 4.78 is 5.41. The van der Waals surface area contributed by atoms with E-state index < -0.39 is 5.91 Å². The van der Waals surface area contributed by atoms with Crippen molar-refractivity contribution in [2.45, 2.75) is 0 Å². The Morgan fingerprint density at radius 1 is 1.19 bits per heavy atom. The largest absolute Gasteiger partial charge is 0.508 e. The molecule has 0 aliphatic carbocycles. The van der Waals surface area contributed by atoms with Crippen molar-refractivity contribution in [3.63, 3.8) is 0 Å². The molecule has 1 saturated heterocycles. The van der Waals surface area contributed by atoms with Gasteiger partial charge in [-0.2, -0.15) is 0 Å². The van der Waals surface area contributed by atoms with Crippen LogP contribution in [0.5, 0.6) is 5.75 Å². The number of fused-ring (bicyclic) bond motifs is 1. The molecule has 8 heteroatoms. The summed E-state index contributed by atoms with van der Waals surface area (Å²) in [5.74, 6) is 0.680. The lowest BCUT2D eigenvalue weighted by molar-refractivity contribution is 0.1000. The van der Waals surface area contributed by atoms with Crippen molar-refractivity contribution in [2.24, 2.45) is 5.73 Å². The van der Waals surface area contributed by atoms with Crippen LogP contribution >= 0.6 is 0 Å². The lowest BCUT2D eigenvalue weighted by atomic mass is 10.1. The predicted molar refractivity (Wildman–Crippen MR) is 96.0 cm³/mol. The predicted octanol–water partition coefficient (Wildman–Crippen LogP) is 1.33. The molecular weight excluding hydrogens is 334 g/mol. The highest BCUT2D eigenvalue weighted by molar-refractivity contribution is 5.97. The summed E-state index contributed by atoms with van der Waals surface area (Å²) in [7, 11) is 0. The standard InChI is InChI=1S/C18H17N5O3/c19-16(25)12-9-14-15(20-10-12)18(23-4-6-26-7-5-23)22-17(21-14)11-2-1-3-13(24)8-11/h1-3,8-10,24H,4-7H2,(H2,19,25). The molecule has 0 radical (unpaired) electrons. The number of primary amides is 1. The second-order valence-electron chi connectivity index (χ2n) is 5.98. The van der Waals surface area contributed by atoms with Gasteiger partial charge in [0.2, 0.25) is 5.91 Å². The Balaban J connectivity index is 1.93. The molecule has 0 spiro atoms. The van der Waals surface area contributed by atoms with E-state index >= 15 is 0 Å². The number of hydrogen-bond donors (Lipinski definition) is 2. The molecule has 0 bridgehead atoms. The minimum Gasteiger partial charge on any atom is -0.508 e. The van der Waals surface area contributed by atoms with E-state index in [0.29, 0.717) is 54.5 Å². The van der Waals surface area contributed by atoms with Crippen LogP contribution in [0.1, 0.15) is 10.4 Å². The summed E-state index contributed by atoms with van der Waals surface area (Å²) in [5, 5.41) is 9.77. The summed E-state index contributed by atoms with van der Waals surface area (Å²) >= 11 is 0. The van der Waals surface area contributed by atoms with Crippen molar-refractivity contribution in [3.05, 3.63) is 42.1 Å². The highest BCUT2D eigenvalue weighted by Gasteiger charge is 2.20. The summed E-state index contributed by atoms with van der Waals surface area (Å²) in [6.45, 7) is 2.58. The Bertz CT molecular complexity index is 986. The number of benzene rings is 1. The van der Waals surface area contributed by atoms with Crippen LogP contribution in [0, 0.1) is 0 Å². The molecular formula is C18H17N5O3. The summed E-state index contributed by atoms with van der Waals surface area (Å²) in [6, 6.07) is 8.33. The fraction of sp³-hybridized carbons (Fsp3) is 0.222. The molecule has 3 aromatic rings. The SMILES string of the molecule is NC(=O)c1cnc2c(N3CCOCC3)nc(-c3cccc(O)c3)nc2c1. The number of anilines is 1. The van der Waals surface area contributed by atoms with Crippen LogP contribution in [-0.4, -0.2) is 52.3 Å². The summed E-state index contributed by atoms with van der Waals surface area (Å²) in [6.07, 6.45) is 1.44. The van der Waals surface area contributed by atoms with Crippen molar-refractivity contribution >= 4 is 22.8 Å². The van der Waals surface area contributed by atoms with Crippen molar-refractivity contribution in [3.8, 4) is 17.1 Å². The molecule has 3 heterocycles. The molecule has 1 aromatic carbocycles. The van der Waals surface area contributed by atoms with Crippen molar-refractivity contribution in [2.75, 3.05) is 31.2 Å². The monoisotopic (exact) mass is 351 g/mol. The third-order valence-corrected chi connectivity index (χ3v) is 4.22. The van der Waals surface area contributed by atoms with Gasteiger partial charge in [0.05, 0.1) is 24.3 Å². The number of nitrogens with two attached hydrogens (primary N) is 1. The number of aromatic nitrogens is 3. The Kier molecular flexibility index (Phi) is 4.10. The van der Waals surface area contributed by atoms with E-state index in [1.54, 1.807) is 24.3 Å². The number of hydrogen-bond acceptors (Lipinski definition) is 7. The number of aromatic hydroxyl groups is 1. The average Bonchev–Trinajstić information content (AvgIpc) is 2.67. The topological polar surface area (TPSA) is 114 Å². The summed E-state index contributed by atoms with van der Waals surface area (Å²) in [5.41, 5.74) is 7.45. The second-order valence-corrected chi connectivity index (χ2v) is 5.98. The molecule has 0 saturated carbocycles. The normalized spacial score (nSPS) is 14.5. The fourth-order valence-electron chi connectivity index (χ4n) is 2.91. The van der Waals surface area contributed by atoms with Crippen LogP contribution in [0.3, 0.4) is 0 Å². The molecule has 26 heavy (non-hydrogen) atoms. The quantitative estimate of drug-likeness (QED) is 0.731. The van der Waals surface area contributed by atoms with Gasteiger partial charge in [-0.3, -0.25) is 4.79 Å². The molecule has 8 nitrogen and oxygen atoms in total. The Hall–Kier alpha value is -3.26.